The fraction of sp³-hybridized carbons (Fsp3) is 0.500. The normalized spacial score (nSPS) is 26.2. The van der Waals surface area contributed by atoms with E-state index in [-0.39, 0.29) is 29.3 Å². The number of aliphatic hydroxyl groups is 1. The largest absolute Gasteiger partial charge is 0.790 e. The van der Waals surface area contributed by atoms with E-state index in [1.54, 1.807) is 0 Å². The molecule has 0 unspecified atom stereocenters. The molecule has 1 aliphatic heterocycles. The summed E-state index contributed by atoms with van der Waals surface area (Å²) in [6, 6.07) is 0. The summed E-state index contributed by atoms with van der Waals surface area (Å²) in [5.41, 5.74) is 6.02. The minimum absolute atomic E-state index is 0. The molecule has 0 amide bonds. The molecule has 2 aromatic rings. The van der Waals surface area contributed by atoms with E-state index in [1.165, 1.54) is 10.9 Å². The second-order valence-electron chi connectivity index (χ2n) is 4.83. The third-order valence-corrected chi connectivity index (χ3v) is 3.82. The summed E-state index contributed by atoms with van der Waals surface area (Å²) in [4.78, 5) is 32.5. The lowest BCUT2D eigenvalue weighted by molar-refractivity contribution is -0.343. The number of ether oxygens (including phenoxy) is 1. The Morgan fingerprint density at radius 1 is 1.40 bits per heavy atom. The highest BCUT2D eigenvalue weighted by molar-refractivity contribution is 7.43. The first kappa shape index (κ1) is 21.3. The third-order valence-electron chi connectivity index (χ3n) is 3.35. The van der Waals surface area contributed by atoms with Gasteiger partial charge >= 0.3 is 0 Å². The molecule has 3 heterocycles. The van der Waals surface area contributed by atoms with Crippen molar-refractivity contribution in [2.24, 2.45) is 0 Å². The number of alkyl halides is 1. The van der Waals surface area contributed by atoms with Crippen LogP contribution in [0.1, 0.15) is 6.23 Å². The lowest BCUT2D eigenvalue weighted by Crippen LogP contribution is -2.32. The zero-order valence-corrected chi connectivity index (χ0v) is 14.2. The van der Waals surface area contributed by atoms with Gasteiger partial charge in [-0.25, -0.2) is 19.3 Å². The van der Waals surface area contributed by atoms with E-state index in [9.17, 15) is 23.8 Å². The van der Waals surface area contributed by atoms with Gasteiger partial charge in [-0.2, -0.15) is 0 Å². The molecule has 0 aliphatic carbocycles. The smallest absolute Gasteiger partial charge is 0.173 e. The maximum atomic E-state index is 14.3. The van der Waals surface area contributed by atoms with E-state index in [0.29, 0.717) is 0 Å². The number of hydrogen-bond donors (Lipinski definition) is 4. The lowest BCUT2D eigenvalue weighted by Gasteiger charge is -2.30. The number of aromatic nitrogens is 4. The van der Waals surface area contributed by atoms with Crippen molar-refractivity contribution in [1.82, 2.24) is 31.8 Å². The van der Waals surface area contributed by atoms with Gasteiger partial charge in [0.2, 0.25) is 0 Å². The number of phosphoric ester groups is 1. The minimum Gasteiger partial charge on any atom is -0.790 e. The molecule has 15 heteroatoms. The molecule has 0 saturated carbocycles. The predicted molar refractivity (Wildman–Crippen MR) is 80.1 cm³/mol. The number of halogens is 1. The van der Waals surface area contributed by atoms with Gasteiger partial charge < -0.3 is 46.8 Å². The van der Waals surface area contributed by atoms with Crippen molar-refractivity contribution < 1.29 is 33.1 Å². The van der Waals surface area contributed by atoms with E-state index in [2.05, 4.69) is 19.5 Å². The van der Waals surface area contributed by atoms with Gasteiger partial charge in [0.25, 0.3) is 0 Å². The highest BCUT2D eigenvalue weighted by Crippen LogP contribution is 2.36. The van der Waals surface area contributed by atoms with Crippen LogP contribution in [-0.2, 0) is 13.8 Å². The Morgan fingerprint density at radius 2 is 2.08 bits per heavy atom. The number of imidazole rings is 1. The molecule has 0 bridgehead atoms. The molecule has 142 valence electrons. The number of hydrogen-bond acceptors (Lipinski definition) is 10. The molecule has 1 fully saturated rings. The number of nitrogens with two attached hydrogens (primary N) is 1. The van der Waals surface area contributed by atoms with Gasteiger partial charge in [0.05, 0.1) is 20.8 Å². The summed E-state index contributed by atoms with van der Waals surface area (Å²) in [6.07, 6.45) is -3.94. The molecule has 3 rings (SSSR count). The predicted octanol–water partition coefficient (Wildman–Crippen LogP) is -1.40. The molecule has 1 saturated heterocycles. The number of nitrogens with zero attached hydrogens (tertiary/aromatic N) is 4. The van der Waals surface area contributed by atoms with Crippen LogP contribution in [0.25, 0.3) is 11.2 Å². The zero-order chi connectivity index (χ0) is 16.8. The molecule has 13 nitrogen and oxygen atoms in total. The van der Waals surface area contributed by atoms with Crippen molar-refractivity contribution >= 4 is 24.8 Å². The van der Waals surface area contributed by atoms with Crippen LogP contribution < -0.4 is 27.8 Å². The number of fused-ring (bicyclic) bond motifs is 1. The van der Waals surface area contributed by atoms with E-state index in [0.717, 1.165) is 6.33 Å². The summed E-state index contributed by atoms with van der Waals surface area (Å²) in [5, 5.41) is 9.79. The molecular weight excluding hydrogens is 364 g/mol. The Balaban J connectivity index is 0.00000156. The minimum atomic E-state index is -5.26. The Hall–Kier alpha value is -1.77. The second kappa shape index (κ2) is 7.63. The molecule has 25 heavy (non-hydrogen) atoms. The van der Waals surface area contributed by atoms with Crippen LogP contribution in [0.3, 0.4) is 0 Å². The van der Waals surface area contributed by atoms with Crippen LogP contribution in [0, 0.1) is 0 Å². The highest BCUT2D eigenvalue weighted by atomic mass is 31.2. The van der Waals surface area contributed by atoms with Crippen molar-refractivity contribution in [2.75, 3.05) is 12.3 Å². The van der Waals surface area contributed by atoms with E-state index in [4.69, 9.17) is 10.5 Å². The maximum Gasteiger partial charge on any atom is 0.173 e. The summed E-state index contributed by atoms with van der Waals surface area (Å²) >= 11 is 0. The van der Waals surface area contributed by atoms with Crippen molar-refractivity contribution in [3.05, 3.63) is 12.7 Å². The van der Waals surface area contributed by atoms with Gasteiger partial charge in [-0.1, -0.05) is 0 Å². The maximum absolute atomic E-state index is 14.3. The number of aliphatic hydroxyl groups excluding tert-OH is 1. The number of phosphoric acid groups is 1. The van der Waals surface area contributed by atoms with Crippen molar-refractivity contribution in [1.29, 1.82) is 0 Å². The summed E-state index contributed by atoms with van der Waals surface area (Å²) in [6.45, 7) is -0.799. The summed E-state index contributed by atoms with van der Waals surface area (Å²) < 4.78 is 35.2. The fourth-order valence-electron chi connectivity index (χ4n) is 2.29. The topological polar surface area (TPSA) is 244 Å². The van der Waals surface area contributed by atoms with Crippen molar-refractivity contribution in [2.45, 2.75) is 24.6 Å². The lowest BCUT2D eigenvalue weighted by atomic mass is 10.1. The van der Waals surface area contributed by atoms with Crippen LogP contribution >= 0.6 is 7.82 Å². The fourth-order valence-corrected chi connectivity index (χ4v) is 2.62. The first-order valence-electron chi connectivity index (χ1n) is 6.35. The zero-order valence-electron chi connectivity index (χ0n) is 13.4. The quantitative estimate of drug-likeness (QED) is 0.449. The van der Waals surface area contributed by atoms with E-state index in [1.807, 2.05) is 0 Å². The molecule has 4 atom stereocenters. The van der Waals surface area contributed by atoms with Gasteiger partial charge in [0.15, 0.2) is 23.9 Å². The number of anilines is 1. The summed E-state index contributed by atoms with van der Waals surface area (Å²) in [5.74, 6) is 0.0845. The molecule has 0 radical (unpaired) electrons. The third kappa shape index (κ3) is 4.08. The van der Waals surface area contributed by atoms with Gasteiger partial charge in [-0.15, -0.1) is 0 Å². The van der Waals surface area contributed by atoms with Gasteiger partial charge in [-0.3, -0.25) is 4.57 Å². The summed E-state index contributed by atoms with van der Waals surface area (Å²) in [7, 11) is -5.26. The van der Waals surface area contributed by atoms with Crippen LogP contribution in [0.15, 0.2) is 12.7 Å². The van der Waals surface area contributed by atoms with Crippen molar-refractivity contribution in [3.8, 4) is 0 Å². The average molecular weight is 383 g/mol. The Kier molecular flexibility index (Phi) is 6.50. The van der Waals surface area contributed by atoms with Crippen LogP contribution in [-0.4, -0.2) is 49.6 Å². The van der Waals surface area contributed by atoms with Gasteiger partial charge in [0, 0.05) is 0 Å². The first-order valence-corrected chi connectivity index (χ1v) is 7.81. The molecule has 0 aromatic carbocycles. The monoisotopic (exact) mass is 383 g/mol. The SMILES string of the molecule is Nc1ncnc2c1ncn2[C@@H]1O[C@H](COP(=O)([O-])[O-])[C@@H](O)[C@H]1F.[NH4+].[NH4+]. The second-order valence-corrected chi connectivity index (χ2v) is 5.98. The number of rotatable bonds is 4. The highest BCUT2D eigenvalue weighted by Gasteiger charge is 2.46. The Bertz CT molecular complexity index is 771. The molecule has 11 N–H and O–H groups in total. The molecular formula is C10H19FN7O6P. The molecule has 0 spiro atoms. The number of quaternary nitrogens is 2. The van der Waals surface area contributed by atoms with Crippen molar-refractivity contribution in [3.63, 3.8) is 0 Å². The Labute approximate surface area is 140 Å². The van der Waals surface area contributed by atoms with Crippen LogP contribution in [0.4, 0.5) is 10.2 Å². The van der Waals surface area contributed by atoms with E-state index < -0.39 is 39.0 Å². The average Bonchev–Trinajstić information content (AvgIpc) is 3.01. The Morgan fingerprint density at radius 3 is 2.72 bits per heavy atom. The van der Waals surface area contributed by atoms with Gasteiger partial charge in [0.1, 0.15) is 24.1 Å². The van der Waals surface area contributed by atoms with Crippen LogP contribution in [0.5, 0.6) is 0 Å². The molecule has 1 aliphatic rings. The van der Waals surface area contributed by atoms with Crippen LogP contribution in [0.2, 0.25) is 0 Å². The first-order chi connectivity index (χ1) is 10.8. The number of nitrogen functional groups attached to an aromatic ring is 1. The standard InChI is InChI=1S/C10H13FN5O6P.2H3N/c11-5-7(17)4(1-21-23(18,19)20)22-10(5)16-3-15-6-8(12)13-2-14-9(6)16;;/h2-5,7,10,17H,1H2,(H2,12,13,14)(H2,18,19,20);2*1H3/t4-,5-,7-,10-;;/m1../s1. The van der Waals surface area contributed by atoms with E-state index >= 15 is 0 Å². The molecule has 2 aromatic heterocycles. The van der Waals surface area contributed by atoms with Gasteiger partial charge in [-0.05, 0) is 0 Å².